The summed E-state index contributed by atoms with van der Waals surface area (Å²) in [5, 5.41) is 2.67. The molecule has 1 amide bonds. The molecule has 0 unspecified atom stereocenters. The number of carbonyl (C=O) groups excluding carboxylic acids is 2. The van der Waals surface area contributed by atoms with E-state index >= 15 is 0 Å². The van der Waals surface area contributed by atoms with Gasteiger partial charge in [-0.25, -0.2) is 0 Å². The summed E-state index contributed by atoms with van der Waals surface area (Å²) >= 11 is 3.20. The van der Waals surface area contributed by atoms with E-state index in [4.69, 9.17) is 0 Å². The zero-order chi connectivity index (χ0) is 13.7. The molecule has 1 aromatic rings. The van der Waals surface area contributed by atoms with Crippen molar-refractivity contribution in [1.29, 1.82) is 0 Å². The van der Waals surface area contributed by atoms with E-state index < -0.39 is 0 Å². The van der Waals surface area contributed by atoms with Crippen molar-refractivity contribution in [2.75, 3.05) is 23.4 Å². The third kappa shape index (κ3) is 4.40. The van der Waals surface area contributed by atoms with Crippen LogP contribution in [-0.2, 0) is 4.79 Å². The summed E-state index contributed by atoms with van der Waals surface area (Å²) in [4.78, 5) is 27.1. The molecule has 1 aliphatic rings. The van der Waals surface area contributed by atoms with Crippen molar-refractivity contribution in [1.82, 2.24) is 0 Å². The number of benzene rings is 1. The van der Waals surface area contributed by atoms with Crippen LogP contribution in [0.5, 0.6) is 0 Å². The van der Waals surface area contributed by atoms with Crippen molar-refractivity contribution >= 4 is 45.3 Å². The summed E-state index contributed by atoms with van der Waals surface area (Å²) in [6.07, 6.45) is 0. The van der Waals surface area contributed by atoms with E-state index in [2.05, 4.69) is 10.3 Å². The number of carbonyl (C=O) groups is 2. The van der Waals surface area contributed by atoms with E-state index in [1.807, 2.05) is 0 Å². The fraction of sp³-hybridized carbons (Fsp3) is 0.308. The number of thioether (sulfide) groups is 2. The Labute approximate surface area is 120 Å². The Balaban J connectivity index is 1.89. The number of hydrogen-bond acceptors (Lipinski definition) is 5. The second-order valence-corrected chi connectivity index (χ2v) is 6.27. The number of rotatable bonds is 4. The Kier molecular flexibility index (Phi) is 5.04. The molecule has 100 valence electrons. The highest BCUT2D eigenvalue weighted by Gasteiger charge is 2.12. The quantitative estimate of drug-likeness (QED) is 0.867. The van der Waals surface area contributed by atoms with E-state index in [0.29, 0.717) is 17.0 Å². The number of anilines is 1. The molecule has 0 bridgehead atoms. The minimum Gasteiger partial charge on any atom is -0.326 e. The molecular weight excluding hydrogens is 280 g/mol. The average Bonchev–Trinajstić information content (AvgIpc) is 2.89. The predicted octanol–water partition coefficient (Wildman–Crippen LogP) is 2.66. The molecule has 1 aliphatic heterocycles. The first-order valence-electron chi connectivity index (χ1n) is 5.86. The Hall–Kier alpha value is -1.27. The first kappa shape index (κ1) is 14.1. The Bertz CT molecular complexity index is 512. The minimum atomic E-state index is -0.120. The van der Waals surface area contributed by atoms with E-state index in [9.17, 15) is 9.59 Å². The van der Waals surface area contributed by atoms with Gasteiger partial charge in [0.25, 0.3) is 0 Å². The minimum absolute atomic E-state index is 0.0783. The molecule has 2 rings (SSSR count). The zero-order valence-electron chi connectivity index (χ0n) is 10.5. The lowest BCUT2D eigenvalue weighted by molar-refractivity contribution is -0.114. The van der Waals surface area contributed by atoms with Crippen LogP contribution in [0.25, 0.3) is 0 Å². The monoisotopic (exact) mass is 294 g/mol. The lowest BCUT2D eigenvalue weighted by Crippen LogP contribution is -2.07. The molecule has 1 N–H and O–H groups in total. The van der Waals surface area contributed by atoms with Gasteiger partial charge in [-0.1, -0.05) is 23.5 Å². The molecule has 1 aromatic carbocycles. The first-order chi connectivity index (χ1) is 9.15. The van der Waals surface area contributed by atoms with Gasteiger partial charge in [0.1, 0.15) is 4.38 Å². The van der Waals surface area contributed by atoms with E-state index in [-0.39, 0.29) is 11.7 Å². The lowest BCUT2D eigenvalue weighted by Gasteiger charge is -2.04. The van der Waals surface area contributed by atoms with Crippen molar-refractivity contribution in [3.05, 3.63) is 29.8 Å². The average molecular weight is 294 g/mol. The van der Waals surface area contributed by atoms with Crippen LogP contribution in [-0.4, -0.2) is 34.1 Å². The lowest BCUT2D eigenvalue weighted by atomic mass is 10.1. The van der Waals surface area contributed by atoms with Crippen LogP contribution >= 0.6 is 23.5 Å². The first-order valence-corrected chi connectivity index (χ1v) is 7.83. The van der Waals surface area contributed by atoms with E-state index in [1.165, 1.54) is 18.7 Å². The highest BCUT2D eigenvalue weighted by Crippen LogP contribution is 2.23. The number of amides is 1. The molecule has 0 saturated carbocycles. The number of nitrogens with zero attached hydrogens (tertiary/aromatic N) is 1. The number of Topliss-reactive ketones (excluding diaryl/α,β-unsaturated/α-hetero) is 1. The van der Waals surface area contributed by atoms with Gasteiger partial charge in [0, 0.05) is 23.9 Å². The smallest absolute Gasteiger partial charge is 0.221 e. The van der Waals surface area contributed by atoms with Gasteiger partial charge in [0.05, 0.1) is 12.3 Å². The predicted molar refractivity (Wildman–Crippen MR) is 82.3 cm³/mol. The van der Waals surface area contributed by atoms with Gasteiger partial charge in [-0.15, -0.1) is 0 Å². The normalized spacial score (nSPS) is 14.1. The molecule has 1 heterocycles. The molecule has 6 heteroatoms. The molecular formula is C13H14N2O2S2. The third-order valence-electron chi connectivity index (χ3n) is 2.41. The van der Waals surface area contributed by atoms with Crippen LogP contribution in [0.15, 0.2) is 29.3 Å². The van der Waals surface area contributed by atoms with Gasteiger partial charge in [-0.05, 0) is 24.3 Å². The van der Waals surface area contributed by atoms with Gasteiger partial charge in [0.15, 0.2) is 5.78 Å². The number of aliphatic imine (C=N–C) groups is 1. The van der Waals surface area contributed by atoms with Crippen LogP contribution in [0.3, 0.4) is 0 Å². The fourth-order valence-corrected chi connectivity index (χ4v) is 3.46. The van der Waals surface area contributed by atoms with Gasteiger partial charge in [0.2, 0.25) is 5.91 Å². The number of hydrogen-bond donors (Lipinski definition) is 1. The molecule has 19 heavy (non-hydrogen) atoms. The zero-order valence-corrected chi connectivity index (χ0v) is 12.1. The summed E-state index contributed by atoms with van der Waals surface area (Å²) in [5.74, 6) is 1.38. The van der Waals surface area contributed by atoms with E-state index in [0.717, 1.165) is 16.7 Å². The maximum absolute atomic E-state index is 12.0. The van der Waals surface area contributed by atoms with Crippen LogP contribution in [0.2, 0.25) is 0 Å². The topological polar surface area (TPSA) is 58.5 Å². The van der Waals surface area contributed by atoms with Crippen LogP contribution in [0.1, 0.15) is 17.3 Å². The Morgan fingerprint density at radius 1 is 1.37 bits per heavy atom. The van der Waals surface area contributed by atoms with Crippen LogP contribution in [0.4, 0.5) is 5.69 Å². The van der Waals surface area contributed by atoms with E-state index in [1.54, 1.807) is 36.0 Å². The Morgan fingerprint density at radius 3 is 2.68 bits per heavy atom. The summed E-state index contributed by atoms with van der Waals surface area (Å²) in [7, 11) is 0. The largest absolute Gasteiger partial charge is 0.326 e. The molecule has 4 nitrogen and oxygen atoms in total. The SMILES string of the molecule is CC(=O)Nc1ccc(C(=O)CSC2=NCCS2)cc1. The highest BCUT2D eigenvalue weighted by atomic mass is 32.2. The molecule has 0 radical (unpaired) electrons. The number of nitrogens with one attached hydrogen (secondary N) is 1. The molecule has 0 aliphatic carbocycles. The molecule has 0 fully saturated rings. The van der Waals surface area contributed by atoms with Crippen LogP contribution in [0, 0.1) is 0 Å². The second kappa shape index (κ2) is 6.77. The van der Waals surface area contributed by atoms with Gasteiger partial charge in [-0.3, -0.25) is 14.6 Å². The molecule has 0 aromatic heterocycles. The maximum atomic E-state index is 12.0. The van der Waals surface area contributed by atoms with Crippen molar-refractivity contribution in [2.24, 2.45) is 4.99 Å². The summed E-state index contributed by atoms with van der Waals surface area (Å²) in [6.45, 7) is 2.31. The Morgan fingerprint density at radius 2 is 2.11 bits per heavy atom. The number of ketones is 1. The summed E-state index contributed by atoms with van der Waals surface area (Å²) < 4.78 is 1.00. The van der Waals surface area contributed by atoms with Gasteiger partial charge < -0.3 is 5.32 Å². The second-order valence-electron chi connectivity index (χ2n) is 3.97. The van der Waals surface area contributed by atoms with Crippen molar-refractivity contribution in [3.8, 4) is 0 Å². The van der Waals surface area contributed by atoms with Crippen molar-refractivity contribution in [3.63, 3.8) is 0 Å². The maximum Gasteiger partial charge on any atom is 0.221 e. The highest BCUT2D eigenvalue weighted by molar-refractivity contribution is 8.39. The molecule has 0 spiro atoms. The third-order valence-corrected chi connectivity index (χ3v) is 4.66. The fourth-order valence-electron chi connectivity index (χ4n) is 1.56. The molecule has 0 saturated heterocycles. The summed E-state index contributed by atoms with van der Waals surface area (Å²) in [6, 6.07) is 6.94. The van der Waals surface area contributed by atoms with Gasteiger partial charge >= 0.3 is 0 Å². The summed E-state index contributed by atoms with van der Waals surface area (Å²) in [5.41, 5.74) is 1.36. The standard InChI is InChI=1S/C13H14N2O2S2/c1-9(16)15-11-4-2-10(3-5-11)12(17)8-19-13-14-6-7-18-13/h2-5H,6-8H2,1H3,(H,15,16). The van der Waals surface area contributed by atoms with Crippen molar-refractivity contribution < 1.29 is 9.59 Å². The van der Waals surface area contributed by atoms with Crippen LogP contribution < -0.4 is 5.32 Å². The molecule has 0 atom stereocenters. The van der Waals surface area contributed by atoms with Gasteiger partial charge in [-0.2, -0.15) is 0 Å². The van der Waals surface area contributed by atoms with Crippen molar-refractivity contribution in [2.45, 2.75) is 6.92 Å².